The number of allylic oxidation sites excluding steroid dienone is 5. The summed E-state index contributed by atoms with van der Waals surface area (Å²) in [5.41, 5.74) is 3.96. The standard InChI is InChI=1S/C21H20S.3C2H6/c1-22-21(19-14-8-4-9-15-19,20-16-10-5-11-17-20)18-12-6-2-3-7-13-18;3*1-2/h2,4-17H,3H2,1H3;3*1-2H3. The van der Waals surface area contributed by atoms with Crippen molar-refractivity contribution in [2.75, 3.05) is 6.26 Å². The van der Waals surface area contributed by atoms with E-state index in [-0.39, 0.29) is 4.75 Å². The van der Waals surface area contributed by atoms with Crippen LogP contribution in [-0.2, 0) is 4.75 Å². The van der Waals surface area contributed by atoms with E-state index in [1.807, 2.05) is 53.3 Å². The predicted octanol–water partition coefficient (Wildman–Crippen LogP) is 8.81. The second-order valence-corrected chi connectivity index (χ2v) is 6.33. The van der Waals surface area contributed by atoms with Gasteiger partial charge in [0.05, 0.1) is 4.75 Å². The molecule has 2 aromatic carbocycles. The van der Waals surface area contributed by atoms with E-state index in [1.165, 1.54) is 16.7 Å². The summed E-state index contributed by atoms with van der Waals surface area (Å²) in [5, 5.41) is 0. The van der Waals surface area contributed by atoms with Crippen LogP contribution in [0.1, 0.15) is 59.1 Å². The van der Waals surface area contributed by atoms with Gasteiger partial charge in [-0.3, -0.25) is 0 Å². The molecule has 0 amide bonds. The van der Waals surface area contributed by atoms with Crippen molar-refractivity contribution in [2.24, 2.45) is 0 Å². The van der Waals surface area contributed by atoms with E-state index in [1.54, 1.807) is 0 Å². The van der Waals surface area contributed by atoms with Crippen molar-refractivity contribution >= 4 is 11.8 Å². The molecular formula is C27H38S. The Morgan fingerprint density at radius 3 is 1.57 bits per heavy atom. The van der Waals surface area contributed by atoms with E-state index in [0.717, 1.165) is 6.42 Å². The Labute approximate surface area is 178 Å². The third-order valence-corrected chi connectivity index (χ3v) is 5.37. The van der Waals surface area contributed by atoms with Crippen LogP contribution in [0.4, 0.5) is 0 Å². The molecule has 0 saturated carbocycles. The Morgan fingerprint density at radius 2 is 1.14 bits per heavy atom. The van der Waals surface area contributed by atoms with Crippen LogP contribution in [0.5, 0.6) is 0 Å². The molecule has 0 aliphatic heterocycles. The van der Waals surface area contributed by atoms with Gasteiger partial charge in [-0.15, -0.1) is 11.8 Å². The van der Waals surface area contributed by atoms with Crippen molar-refractivity contribution < 1.29 is 0 Å². The molecule has 3 rings (SSSR count). The molecule has 0 N–H and O–H groups in total. The Balaban J connectivity index is 0.00000111. The quantitative estimate of drug-likeness (QED) is 0.499. The molecule has 0 atom stereocenters. The first-order valence-electron chi connectivity index (χ1n) is 10.6. The summed E-state index contributed by atoms with van der Waals surface area (Å²) in [5.74, 6) is 0. The Kier molecular flexibility index (Phi) is 14.9. The normalized spacial score (nSPS) is 12.0. The van der Waals surface area contributed by atoms with Crippen LogP contribution < -0.4 is 0 Å². The van der Waals surface area contributed by atoms with E-state index in [2.05, 4.69) is 97.3 Å². The van der Waals surface area contributed by atoms with Crippen LogP contribution in [0.25, 0.3) is 0 Å². The molecule has 0 bridgehead atoms. The van der Waals surface area contributed by atoms with Crippen molar-refractivity contribution in [3.05, 3.63) is 108 Å². The first-order chi connectivity index (χ1) is 13.9. The zero-order valence-electron chi connectivity index (χ0n) is 18.8. The minimum atomic E-state index is -0.173. The first kappa shape index (κ1) is 26.0. The Morgan fingerprint density at radius 1 is 0.679 bits per heavy atom. The summed E-state index contributed by atoms with van der Waals surface area (Å²) in [6.07, 6.45) is 14.3. The second kappa shape index (κ2) is 16.0. The zero-order valence-corrected chi connectivity index (χ0v) is 19.6. The lowest BCUT2D eigenvalue weighted by Crippen LogP contribution is -2.25. The number of benzene rings is 2. The molecule has 0 aromatic heterocycles. The highest BCUT2D eigenvalue weighted by Crippen LogP contribution is 2.48. The van der Waals surface area contributed by atoms with E-state index >= 15 is 0 Å². The SMILES string of the molecule is CC.CC.CC.CSC(C1=CC=CCC=C1)(c1ccccc1)c1ccccc1. The lowest BCUT2D eigenvalue weighted by Gasteiger charge is -2.35. The molecule has 1 aliphatic carbocycles. The molecule has 0 nitrogen and oxygen atoms in total. The fourth-order valence-electron chi connectivity index (χ4n) is 3.01. The third-order valence-electron chi connectivity index (χ3n) is 4.05. The van der Waals surface area contributed by atoms with Gasteiger partial charge in [0.25, 0.3) is 0 Å². The zero-order chi connectivity index (χ0) is 21.3. The van der Waals surface area contributed by atoms with E-state index < -0.39 is 0 Å². The average Bonchev–Trinajstić information content (AvgIpc) is 3.10. The average molecular weight is 395 g/mol. The minimum absolute atomic E-state index is 0.173. The maximum absolute atomic E-state index is 2.27. The summed E-state index contributed by atoms with van der Waals surface area (Å²) < 4.78 is -0.173. The van der Waals surface area contributed by atoms with Crippen LogP contribution in [0.3, 0.4) is 0 Å². The molecule has 1 heteroatoms. The van der Waals surface area contributed by atoms with Gasteiger partial charge in [0.2, 0.25) is 0 Å². The van der Waals surface area contributed by atoms with Gasteiger partial charge >= 0.3 is 0 Å². The van der Waals surface area contributed by atoms with Gasteiger partial charge in [-0.05, 0) is 29.4 Å². The summed E-state index contributed by atoms with van der Waals surface area (Å²) >= 11 is 1.89. The smallest absolute Gasteiger partial charge is 0.0904 e. The van der Waals surface area contributed by atoms with E-state index in [0.29, 0.717) is 0 Å². The van der Waals surface area contributed by atoms with Crippen molar-refractivity contribution in [3.63, 3.8) is 0 Å². The third kappa shape index (κ3) is 6.56. The van der Waals surface area contributed by atoms with E-state index in [4.69, 9.17) is 0 Å². The molecule has 152 valence electrons. The van der Waals surface area contributed by atoms with Crippen LogP contribution in [-0.4, -0.2) is 6.26 Å². The Bertz CT molecular complexity index is 654. The molecule has 0 unspecified atom stereocenters. The molecule has 0 heterocycles. The van der Waals surface area contributed by atoms with Gasteiger partial charge in [-0.1, -0.05) is 133 Å². The first-order valence-corrected chi connectivity index (χ1v) is 11.8. The highest BCUT2D eigenvalue weighted by molar-refractivity contribution is 8.00. The van der Waals surface area contributed by atoms with E-state index in [9.17, 15) is 0 Å². The lowest BCUT2D eigenvalue weighted by molar-refractivity contribution is 0.897. The van der Waals surface area contributed by atoms with Crippen molar-refractivity contribution in [2.45, 2.75) is 52.7 Å². The van der Waals surface area contributed by atoms with Gasteiger partial charge in [0, 0.05) is 0 Å². The molecule has 28 heavy (non-hydrogen) atoms. The minimum Gasteiger partial charge on any atom is -0.144 e. The molecule has 0 radical (unpaired) electrons. The fourth-order valence-corrected chi connectivity index (χ4v) is 4.13. The lowest BCUT2D eigenvalue weighted by atomic mass is 9.83. The predicted molar refractivity (Wildman–Crippen MR) is 132 cm³/mol. The summed E-state index contributed by atoms with van der Waals surface area (Å²) in [4.78, 5) is 0. The molecule has 1 aliphatic rings. The molecule has 0 saturated heterocycles. The largest absolute Gasteiger partial charge is 0.144 e. The molecular weight excluding hydrogens is 356 g/mol. The number of rotatable bonds is 4. The number of thioether (sulfide) groups is 1. The highest BCUT2D eigenvalue weighted by Gasteiger charge is 2.36. The van der Waals surface area contributed by atoms with Crippen molar-refractivity contribution in [1.29, 1.82) is 0 Å². The molecule has 2 aromatic rings. The van der Waals surface area contributed by atoms with Gasteiger partial charge in [-0.2, -0.15) is 0 Å². The Hall–Kier alpha value is -1.99. The van der Waals surface area contributed by atoms with Crippen LogP contribution in [0, 0.1) is 0 Å². The number of hydrogen-bond acceptors (Lipinski definition) is 1. The van der Waals surface area contributed by atoms with Crippen LogP contribution >= 0.6 is 11.8 Å². The summed E-state index contributed by atoms with van der Waals surface area (Å²) in [6, 6.07) is 21.6. The van der Waals surface area contributed by atoms with Crippen molar-refractivity contribution in [1.82, 2.24) is 0 Å². The fraction of sp³-hybridized carbons (Fsp3) is 0.333. The maximum atomic E-state index is 2.27. The van der Waals surface area contributed by atoms with Gasteiger partial charge in [0.1, 0.15) is 0 Å². The van der Waals surface area contributed by atoms with Crippen LogP contribution in [0.2, 0.25) is 0 Å². The summed E-state index contributed by atoms with van der Waals surface area (Å²) in [6.45, 7) is 12.0. The molecule has 0 spiro atoms. The topological polar surface area (TPSA) is 0 Å². The maximum Gasteiger partial charge on any atom is 0.0904 e. The monoisotopic (exact) mass is 394 g/mol. The van der Waals surface area contributed by atoms with Gasteiger partial charge in [-0.25, -0.2) is 0 Å². The number of hydrogen-bond donors (Lipinski definition) is 0. The van der Waals surface area contributed by atoms with Gasteiger partial charge < -0.3 is 0 Å². The highest BCUT2D eigenvalue weighted by atomic mass is 32.2. The van der Waals surface area contributed by atoms with Crippen LogP contribution in [0.15, 0.2) is 96.6 Å². The molecule has 0 fully saturated rings. The summed E-state index contributed by atoms with van der Waals surface area (Å²) in [7, 11) is 0. The van der Waals surface area contributed by atoms with Crippen molar-refractivity contribution in [3.8, 4) is 0 Å². The second-order valence-electron chi connectivity index (χ2n) is 5.31. The van der Waals surface area contributed by atoms with Gasteiger partial charge in [0.15, 0.2) is 0 Å².